The molecule has 1 N–H and O–H groups in total. The van der Waals surface area contributed by atoms with Crippen LogP contribution in [0.25, 0.3) is 0 Å². The SMILES string of the molecule is CCc1ccc(NC(C)c2c(Cl)ccc3c2OCCO3)cn1. The number of fused-ring (bicyclic) bond motifs is 1. The Morgan fingerprint density at radius 3 is 2.77 bits per heavy atom. The van der Waals surface area contributed by atoms with Crippen molar-refractivity contribution in [2.24, 2.45) is 0 Å². The molecular formula is C17H19ClN2O2. The molecule has 22 heavy (non-hydrogen) atoms. The first-order valence-electron chi connectivity index (χ1n) is 7.48. The Balaban J connectivity index is 1.86. The van der Waals surface area contributed by atoms with Crippen LogP contribution in [0.4, 0.5) is 5.69 Å². The lowest BCUT2D eigenvalue weighted by Gasteiger charge is -2.25. The van der Waals surface area contributed by atoms with Gasteiger partial charge in [0.2, 0.25) is 0 Å². The van der Waals surface area contributed by atoms with E-state index in [2.05, 4.69) is 17.2 Å². The third-order valence-corrected chi connectivity index (χ3v) is 4.03. The summed E-state index contributed by atoms with van der Waals surface area (Å²) in [6, 6.07) is 7.74. The van der Waals surface area contributed by atoms with Crippen molar-refractivity contribution in [2.45, 2.75) is 26.3 Å². The van der Waals surface area contributed by atoms with Gasteiger partial charge in [-0.3, -0.25) is 4.98 Å². The lowest BCUT2D eigenvalue weighted by Crippen LogP contribution is -2.18. The lowest BCUT2D eigenvalue weighted by molar-refractivity contribution is 0.169. The Morgan fingerprint density at radius 2 is 2.05 bits per heavy atom. The van der Waals surface area contributed by atoms with Crippen molar-refractivity contribution >= 4 is 17.3 Å². The highest BCUT2D eigenvalue weighted by Crippen LogP contribution is 2.42. The first-order valence-corrected chi connectivity index (χ1v) is 7.86. The van der Waals surface area contributed by atoms with Crippen LogP contribution in [0, 0.1) is 0 Å². The number of aromatic nitrogens is 1. The number of pyridine rings is 1. The fourth-order valence-corrected chi connectivity index (χ4v) is 2.87. The minimum atomic E-state index is -0.0153. The first kappa shape index (κ1) is 15.0. The number of nitrogens with zero attached hydrogens (tertiary/aromatic N) is 1. The van der Waals surface area contributed by atoms with Crippen molar-refractivity contribution in [3.8, 4) is 11.5 Å². The van der Waals surface area contributed by atoms with Crippen LogP contribution in [0.5, 0.6) is 11.5 Å². The molecule has 0 saturated heterocycles. The van der Waals surface area contributed by atoms with E-state index in [0.717, 1.165) is 34.9 Å². The summed E-state index contributed by atoms with van der Waals surface area (Å²) in [5.41, 5.74) is 2.94. The molecule has 0 bridgehead atoms. The van der Waals surface area contributed by atoms with Crippen LogP contribution in [0.2, 0.25) is 5.02 Å². The van der Waals surface area contributed by atoms with E-state index in [0.29, 0.717) is 18.2 Å². The maximum absolute atomic E-state index is 6.38. The molecular weight excluding hydrogens is 300 g/mol. The Kier molecular flexibility index (Phi) is 4.39. The molecule has 1 aliphatic rings. The van der Waals surface area contributed by atoms with Gasteiger partial charge in [-0.05, 0) is 37.6 Å². The number of anilines is 1. The molecule has 1 aromatic carbocycles. The number of hydrogen-bond donors (Lipinski definition) is 1. The quantitative estimate of drug-likeness (QED) is 0.915. The highest BCUT2D eigenvalue weighted by Gasteiger charge is 2.22. The number of benzene rings is 1. The summed E-state index contributed by atoms with van der Waals surface area (Å²) in [5, 5.41) is 4.09. The fraction of sp³-hybridized carbons (Fsp3) is 0.353. The second-order valence-corrected chi connectivity index (χ2v) is 5.65. The summed E-state index contributed by atoms with van der Waals surface area (Å²) in [6.07, 6.45) is 2.77. The Hall–Kier alpha value is -1.94. The smallest absolute Gasteiger partial charge is 0.168 e. The predicted octanol–water partition coefficient (Wildman–Crippen LogP) is 4.24. The van der Waals surface area contributed by atoms with E-state index < -0.39 is 0 Å². The minimum absolute atomic E-state index is 0.0153. The molecule has 1 aliphatic heterocycles. The number of ether oxygens (including phenoxy) is 2. The lowest BCUT2D eigenvalue weighted by atomic mass is 10.1. The van der Waals surface area contributed by atoms with Crippen LogP contribution in [-0.2, 0) is 6.42 Å². The van der Waals surface area contributed by atoms with E-state index >= 15 is 0 Å². The molecule has 2 heterocycles. The van der Waals surface area contributed by atoms with Gasteiger partial charge in [0.15, 0.2) is 11.5 Å². The number of hydrogen-bond acceptors (Lipinski definition) is 4. The standard InChI is InChI=1S/C17H19ClN2O2/c1-3-12-4-5-13(10-19-12)20-11(2)16-14(18)6-7-15-17(16)22-9-8-21-15/h4-7,10-11,20H,3,8-9H2,1-2H3. The highest BCUT2D eigenvalue weighted by molar-refractivity contribution is 6.31. The molecule has 0 amide bonds. The molecule has 5 heteroatoms. The average molecular weight is 319 g/mol. The Labute approximate surface area is 135 Å². The second-order valence-electron chi connectivity index (χ2n) is 5.24. The molecule has 1 aromatic heterocycles. The number of nitrogens with one attached hydrogen (secondary N) is 1. The van der Waals surface area contributed by atoms with Crippen LogP contribution in [0.1, 0.15) is 31.1 Å². The van der Waals surface area contributed by atoms with Gasteiger partial charge < -0.3 is 14.8 Å². The van der Waals surface area contributed by atoms with Crippen molar-refractivity contribution in [1.29, 1.82) is 0 Å². The van der Waals surface area contributed by atoms with Gasteiger partial charge in [-0.15, -0.1) is 0 Å². The zero-order valence-electron chi connectivity index (χ0n) is 12.7. The number of aryl methyl sites for hydroxylation is 1. The van der Waals surface area contributed by atoms with Crippen molar-refractivity contribution in [2.75, 3.05) is 18.5 Å². The van der Waals surface area contributed by atoms with E-state index in [-0.39, 0.29) is 6.04 Å². The first-order chi connectivity index (χ1) is 10.7. The summed E-state index contributed by atoms with van der Waals surface area (Å²) in [7, 11) is 0. The zero-order chi connectivity index (χ0) is 15.5. The fourth-order valence-electron chi connectivity index (χ4n) is 2.56. The predicted molar refractivity (Wildman–Crippen MR) is 88.1 cm³/mol. The molecule has 1 unspecified atom stereocenters. The van der Waals surface area contributed by atoms with Crippen molar-refractivity contribution < 1.29 is 9.47 Å². The number of halogens is 1. The minimum Gasteiger partial charge on any atom is -0.486 e. The molecule has 0 fully saturated rings. The summed E-state index contributed by atoms with van der Waals surface area (Å²) in [6.45, 7) is 5.25. The molecule has 4 nitrogen and oxygen atoms in total. The molecule has 116 valence electrons. The van der Waals surface area contributed by atoms with Gasteiger partial charge in [-0.1, -0.05) is 18.5 Å². The van der Waals surface area contributed by atoms with Crippen molar-refractivity contribution in [3.63, 3.8) is 0 Å². The van der Waals surface area contributed by atoms with Crippen LogP contribution in [-0.4, -0.2) is 18.2 Å². The number of rotatable bonds is 4. The Bertz CT molecular complexity index is 658. The third-order valence-electron chi connectivity index (χ3n) is 3.70. The molecule has 0 aliphatic carbocycles. The molecule has 0 saturated carbocycles. The van der Waals surface area contributed by atoms with E-state index in [1.54, 1.807) is 0 Å². The van der Waals surface area contributed by atoms with Crippen molar-refractivity contribution in [3.05, 3.63) is 46.7 Å². The summed E-state index contributed by atoms with van der Waals surface area (Å²) < 4.78 is 11.4. The molecule has 0 spiro atoms. The Morgan fingerprint density at radius 1 is 1.23 bits per heavy atom. The van der Waals surface area contributed by atoms with Gasteiger partial charge in [0.05, 0.1) is 17.9 Å². The molecule has 3 rings (SSSR count). The maximum Gasteiger partial charge on any atom is 0.168 e. The van der Waals surface area contributed by atoms with E-state index in [4.69, 9.17) is 21.1 Å². The van der Waals surface area contributed by atoms with Crippen molar-refractivity contribution in [1.82, 2.24) is 4.98 Å². The topological polar surface area (TPSA) is 43.4 Å². The van der Waals surface area contributed by atoms with Gasteiger partial charge in [0.1, 0.15) is 13.2 Å². The van der Waals surface area contributed by atoms with Crippen LogP contribution in [0.15, 0.2) is 30.5 Å². The molecule has 1 atom stereocenters. The van der Waals surface area contributed by atoms with E-state index in [1.807, 2.05) is 37.4 Å². The average Bonchev–Trinajstić information content (AvgIpc) is 2.55. The monoisotopic (exact) mass is 318 g/mol. The largest absolute Gasteiger partial charge is 0.486 e. The van der Waals surface area contributed by atoms with Gasteiger partial charge in [0.25, 0.3) is 0 Å². The zero-order valence-corrected chi connectivity index (χ0v) is 13.5. The van der Waals surface area contributed by atoms with E-state index in [9.17, 15) is 0 Å². The van der Waals surface area contributed by atoms with Gasteiger partial charge in [0, 0.05) is 16.3 Å². The molecule has 2 aromatic rings. The van der Waals surface area contributed by atoms with Crippen LogP contribution < -0.4 is 14.8 Å². The normalized spacial score (nSPS) is 14.5. The van der Waals surface area contributed by atoms with E-state index in [1.165, 1.54) is 0 Å². The maximum atomic E-state index is 6.38. The summed E-state index contributed by atoms with van der Waals surface area (Å²) >= 11 is 6.38. The summed E-state index contributed by atoms with van der Waals surface area (Å²) in [5.74, 6) is 1.48. The second kappa shape index (κ2) is 6.44. The third kappa shape index (κ3) is 2.97. The van der Waals surface area contributed by atoms with Gasteiger partial charge in [-0.2, -0.15) is 0 Å². The summed E-state index contributed by atoms with van der Waals surface area (Å²) in [4.78, 5) is 4.40. The van der Waals surface area contributed by atoms with Crippen LogP contribution >= 0.6 is 11.6 Å². The van der Waals surface area contributed by atoms with Gasteiger partial charge >= 0.3 is 0 Å². The van der Waals surface area contributed by atoms with Crippen LogP contribution in [0.3, 0.4) is 0 Å². The highest BCUT2D eigenvalue weighted by atomic mass is 35.5. The van der Waals surface area contributed by atoms with Gasteiger partial charge in [-0.25, -0.2) is 0 Å². The molecule has 0 radical (unpaired) electrons.